The molecule has 0 fully saturated rings. The number of methoxy groups -OCH3 is 1. The summed E-state index contributed by atoms with van der Waals surface area (Å²) in [5, 5.41) is 0. The number of carbonyl (C=O) groups is 1. The number of amides is 1. The van der Waals surface area contributed by atoms with E-state index in [0.717, 1.165) is 35.7 Å². The maximum Gasteiger partial charge on any atom is 0.254 e. The van der Waals surface area contributed by atoms with Crippen LogP contribution in [0.2, 0.25) is 0 Å². The SMILES string of the molecule is COc1ccc(C(=O)N2CCc3cc4c(cc3[C@H]2C)OCCCO4)cc1. The van der Waals surface area contributed by atoms with E-state index in [9.17, 15) is 4.79 Å². The summed E-state index contributed by atoms with van der Waals surface area (Å²) >= 11 is 0. The summed E-state index contributed by atoms with van der Waals surface area (Å²) in [6.07, 6.45) is 1.70. The number of hydrogen-bond donors (Lipinski definition) is 0. The van der Waals surface area contributed by atoms with E-state index in [1.165, 1.54) is 5.56 Å². The lowest BCUT2D eigenvalue weighted by Gasteiger charge is -2.36. The number of benzene rings is 2. The molecule has 0 spiro atoms. The van der Waals surface area contributed by atoms with Gasteiger partial charge in [-0.15, -0.1) is 0 Å². The summed E-state index contributed by atoms with van der Waals surface area (Å²) in [6.45, 7) is 4.11. The van der Waals surface area contributed by atoms with Crippen LogP contribution in [-0.4, -0.2) is 37.7 Å². The van der Waals surface area contributed by atoms with Gasteiger partial charge in [0.15, 0.2) is 11.5 Å². The Balaban J connectivity index is 1.61. The van der Waals surface area contributed by atoms with Crippen LogP contribution < -0.4 is 14.2 Å². The monoisotopic (exact) mass is 353 g/mol. The highest BCUT2D eigenvalue weighted by molar-refractivity contribution is 5.94. The maximum absolute atomic E-state index is 13.0. The highest BCUT2D eigenvalue weighted by Gasteiger charge is 2.30. The predicted octanol–water partition coefficient (Wildman–Crippen LogP) is 3.62. The molecule has 2 aromatic rings. The Hall–Kier alpha value is -2.69. The largest absolute Gasteiger partial charge is 0.497 e. The van der Waals surface area contributed by atoms with Gasteiger partial charge in [-0.1, -0.05) is 0 Å². The van der Waals surface area contributed by atoms with E-state index in [-0.39, 0.29) is 11.9 Å². The van der Waals surface area contributed by atoms with Crippen LogP contribution in [-0.2, 0) is 6.42 Å². The first-order valence-corrected chi connectivity index (χ1v) is 9.05. The van der Waals surface area contributed by atoms with Crippen molar-refractivity contribution in [1.82, 2.24) is 4.90 Å². The number of nitrogens with zero attached hydrogens (tertiary/aromatic N) is 1. The van der Waals surface area contributed by atoms with E-state index in [0.29, 0.717) is 25.3 Å². The molecule has 2 aromatic carbocycles. The third-order valence-corrected chi connectivity index (χ3v) is 5.15. The molecule has 1 atom stereocenters. The van der Waals surface area contributed by atoms with E-state index in [1.54, 1.807) is 7.11 Å². The maximum atomic E-state index is 13.0. The molecule has 26 heavy (non-hydrogen) atoms. The van der Waals surface area contributed by atoms with E-state index < -0.39 is 0 Å². The van der Waals surface area contributed by atoms with E-state index in [2.05, 4.69) is 13.0 Å². The minimum absolute atomic E-state index is 0.00879. The Bertz CT molecular complexity index is 816. The molecule has 0 saturated carbocycles. The Morgan fingerprint density at radius 2 is 1.81 bits per heavy atom. The number of rotatable bonds is 2. The number of hydrogen-bond acceptors (Lipinski definition) is 4. The first-order chi connectivity index (χ1) is 12.7. The van der Waals surface area contributed by atoms with E-state index >= 15 is 0 Å². The summed E-state index contributed by atoms with van der Waals surface area (Å²) in [5.74, 6) is 2.39. The van der Waals surface area contributed by atoms with E-state index in [4.69, 9.17) is 14.2 Å². The molecule has 0 saturated heterocycles. The fraction of sp³-hybridized carbons (Fsp3) is 0.381. The van der Waals surface area contributed by atoms with Gasteiger partial charge < -0.3 is 19.1 Å². The standard InChI is InChI=1S/C21H23NO4/c1-14-18-13-20-19(25-10-3-11-26-20)12-16(18)8-9-22(14)21(23)15-4-6-17(24-2)7-5-15/h4-7,12-14H,3,8-11H2,1-2H3/t14-/m1/s1. The molecule has 0 aliphatic carbocycles. The quantitative estimate of drug-likeness (QED) is 0.827. The molecule has 2 heterocycles. The van der Waals surface area contributed by atoms with Gasteiger partial charge in [-0.2, -0.15) is 0 Å². The van der Waals surface area contributed by atoms with Crippen molar-refractivity contribution in [3.8, 4) is 17.2 Å². The minimum Gasteiger partial charge on any atom is -0.497 e. The highest BCUT2D eigenvalue weighted by Crippen LogP contribution is 2.39. The van der Waals surface area contributed by atoms with Crippen molar-refractivity contribution in [3.05, 3.63) is 53.1 Å². The van der Waals surface area contributed by atoms with Crippen LogP contribution in [0.25, 0.3) is 0 Å². The molecular weight excluding hydrogens is 330 g/mol. The van der Waals surface area contributed by atoms with Gasteiger partial charge in [0.1, 0.15) is 5.75 Å². The van der Waals surface area contributed by atoms with Gasteiger partial charge >= 0.3 is 0 Å². The summed E-state index contributed by atoms with van der Waals surface area (Å²) in [5.41, 5.74) is 3.05. The molecule has 2 aliphatic rings. The molecule has 5 nitrogen and oxygen atoms in total. The smallest absolute Gasteiger partial charge is 0.254 e. The van der Waals surface area contributed by atoms with Crippen LogP contribution in [0.1, 0.15) is 40.9 Å². The first-order valence-electron chi connectivity index (χ1n) is 9.05. The molecular formula is C21H23NO4. The minimum atomic E-state index is -0.00879. The topological polar surface area (TPSA) is 48.0 Å². The summed E-state index contributed by atoms with van der Waals surface area (Å²) in [4.78, 5) is 14.9. The molecule has 0 radical (unpaired) electrons. The Kier molecular flexibility index (Phi) is 4.45. The van der Waals surface area contributed by atoms with Crippen LogP contribution in [0.15, 0.2) is 36.4 Å². The van der Waals surface area contributed by atoms with Gasteiger partial charge in [0.25, 0.3) is 5.91 Å². The summed E-state index contributed by atoms with van der Waals surface area (Å²) < 4.78 is 16.8. The summed E-state index contributed by atoms with van der Waals surface area (Å²) in [7, 11) is 1.62. The van der Waals surface area contributed by atoms with Gasteiger partial charge in [-0.05, 0) is 60.9 Å². The Morgan fingerprint density at radius 1 is 1.12 bits per heavy atom. The van der Waals surface area contributed by atoms with Gasteiger partial charge in [0.05, 0.1) is 26.4 Å². The lowest BCUT2D eigenvalue weighted by Crippen LogP contribution is -2.38. The van der Waals surface area contributed by atoms with Crippen LogP contribution in [0, 0.1) is 0 Å². The molecule has 1 amide bonds. The fourth-order valence-corrected chi connectivity index (χ4v) is 3.65. The molecule has 0 N–H and O–H groups in total. The molecule has 0 unspecified atom stereocenters. The zero-order valence-electron chi connectivity index (χ0n) is 15.2. The average molecular weight is 353 g/mol. The molecule has 5 heteroatoms. The van der Waals surface area contributed by atoms with Gasteiger partial charge in [-0.3, -0.25) is 4.79 Å². The van der Waals surface area contributed by atoms with Gasteiger partial charge in [0.2, 0.25) is 0 Å². The average Bonchev–Trinajstić information content (AvgIpc) is 2.91. The van der Waals surface area contributed by atoms with Crippen molar-refractivity contribution in [2.24, 2.45) is 0 Å². The zero-order valence-corrected chi connectivity index (χ0v) is 15.2. The molecule has 0 aromatic heterocycles. The first kappa shape index (κ1) is 16.8. The van der Waals surface area contributed by atoms with Crippen LogP contribution in [0.5, 0.6) is 17.2 Å². The number of fused-ring (bicyclic) bond motifs is 2. The van der Waals surface area contributed by atoms with Crippen molar-refractivity contribution < 1.29 is 19.0 Å². The lowest BCUT2D eigenvalue weighted by molar-refractivity contribution is 0.0677. The lowest BCUT2D eigenvalue weighted by atomic mass is 9.92. The Morgan fingerprint density at radius 3 is 2.50 bits per heavy atom. The van der Waals surface area contributed by atoms with Crippen LogP contribution >= 0.6 is 0 Å². The predicted molar refractivity (Wildman–Crippen MR) is 98.2 cm³/mol. The van der Waals surface area contributed by atoms with Crippen molar-refractivity contribution in [2.75, 3.05) is 26.9 Å². The van der Waals surface area contributed by atoms with Crippen LogP contribution in [0.4, 0.5) is 0 Å². The molecule has 4 rings (SSSR count). The van der Waals surface area contributed by atoms with Crippen molar-refractivity contribution >= 4 is 5.91 Å². The normalized spacial score (nSPS) is 18.7. The van der Waals surface area contributed by atoms with Gasteiger partial charge in [0, 0.05) is 18.5 Å². The van der Waals surface area contributed by atoms with Crippen molar-refractivity contribution in [3.63, 3.8) is 0 Å². The van der Waals surface area contributed by atoms with Crippen molar-refractivity contribution in [2.45, 2.75) is 25.8 Å². The second-order valence-electron chi connectivity index (χ2n) is 6.70. The second kappa shape index (κ2) is 6.90. The third kappa shape index (κ3) is 2.98. The number of ether oxygens (including phenoxy) is 3. The molecule has 0 bridgehead atoms. The van der Waals surface area contributed by atoms with Gasteiger partial charge in [-0.25, -0.2) is 0 Å². The summed E-state index contributed by atoms with van der Waals surface area (Å²) in [6, 6.07) is 11.4. The van der Waals surface area contributed by atoms with Crippen molar-refractivity contribution in [1.29, 1.82) is 0 Å². The zero-order chi connectivity index (χ0) is 18.1. The number of carbonyl (C=O) groups excluding carboxylic acids is 1. The van der Waals surface area contributed by atoms with E-state index in [1.807, 2.05) is 35.2 Å². The third-order valence-electron chi connectivity index (χ3n) is 5.15. The van der Waals surface area contributed by atoms with Crippen LogP contribution in [0.3, 0.4) is 0 Å². The highest BCUT2D eigenvalue weighted by atomic mass is 16.5. The molecule has 136 valence electrons. The Labute approximate surface area is 153 Å². The fourth-order valence-electron chi connectivity index (χ4n) is 3.65. The second-order valence-corrected chi connectivity index (χ2v) is 6.70. The molecule has 2 aliphatic heterocycles.